The number of imide groups is 1. The van der Waals surface area contributed by atoms with Crippen molar-refractivity contribution < 1.29 is 24.0 Å². The summed E-state index contributed by atoms with van der Waals surface area (Å²) in [6.07, 6.45) is 0.487. The summed E-state index contributed by atoms with van der Waals surface area (Å²) in [5.74, 6) is -1.30. The van der Waals surface area contributed by atoms with Gasteiger partial charge in [0, 0.05) is 35.8 Å². The fraction of sp³-hybridized carbons (Fsp3) is 0.286. The van der Waals surface area contributed by atoms with Crippen molar-refractivity contribution in [2.45, 2.75) is 38.9 Å². The maximum absolute atomic E-state index is 12.8. The Balaban J connectivity index is 1.36. The number of piperidine rings is 1. The fourth-order valence-electron chi connectivity index (χ4n) is 3.77. The number of hydrogen-bond acceptors (Lipinski definition) is 6. The SMILES string of the molecule is CC(=O)Nc1ccc(NC(=O)NCc2scc3c2CN(C2CCC(=O)NC2=O)C3=O)cc1Cl. The third kappa shape index (κ3) is 4.83. The second kappa shape index (κ2) is 9.20. The maximum Gasteiger partial charge on any atom is 0.319 e. The minimum Gasteiger partial charge on any atom is -0.333 e. The van der Waals surface area contributed by atoms with Crippen molar-refractivity contribution in [3.8, 4) is 0 Å². The molecule has 1 unspecified atom stereocenters. The van der Waals surface area contributed by atoms with Gasteiger partial charge >= 0.3 is 6.03 Å². The Bertz CT molecular complexity index is 1180. The number of fused-ring (bicyclic) bond motifs is 1. The van der Waals surface area contributed by atoms with E-state index in [-0.39, 0.29) is 42.3 Å². The van der Waals surface area contributed by atoms with Gasteiger partial charge in [-0.3, -0.25) is 24.5 Å². The average Bonchev–Trinajstić information content (AvgIpc) is 3.28. The second-order valence-electron chi connectivity index (χ2n) is 7.63. The van der Waals surface area contributed by atoms with E-state index in [2.05, 4.69) is 21.3 Å². The van der Waals surface area contributed by atoms with Gasteiger partial charge in [-0.1, -0.05) is 11.6 Å². The zero-order chi connectivity index (χ0) is 23.7. The number of nitrogens with zero attached hydrogens (tertiary/aromatic N) is 1. The third-order valence-electron chi connectivity index (χ3n) is 5.33. The highest BCUT2D eigenvalue weighted by atomic mass is 35.5. The van der Waals surface area contributed by atoms with Crippen molar-refractivity contribution in [3.05, 3.63) is 44.6 Å². The van der Waals surface area contributed by atoms with Gasteiger partial charge in [0.25, 0.3) is 5.91 Å². The molecule has 2 aliphatic heterocycles. The van der Waals surface area contributed by atoms with E-state index in [0.717, 1.165) is 10.4 Å². The number of halogens is 1. The number of benzene rings is 1. The summed E-state index contributed by atoms with van der Waals surface area (Å²) in [5.41, 5.74) is 2.18. The summed E-state index contributed by atoms with van der Waals surface area (Å²) in [6, 6.07) is 3.57. The molecular formula is C21H20ClN5O5S. The third-order valence-corrected chi connectivity index (χ3v) is 6.68. The molecule has 0 radical (unpaired) electrons. The van der Waals surface area contributed by atoms with Crippen molar-refractivity contribution in [2.75, 3.05) is 10.6 Å². The predicted molar refractivity (Wildman–Crippen MR) is 122 cm³/mol. The molecular weight excluding hydrogens is 470 g/mol. The van der Waals surface area contributed by atoms with Gasteiger partial charge in [-0.2, -0.15) is 0 Å². The molecule has 4 N–H and O–H groups in total. The quantitative estimate of drug-likeness (QED) is 0.478. The van der Waals surface area contributed by atoms with Gasteiger partial charge in [-0.25, -0.2) is 4.79 Å². The van der Waals surface area contributed by atoms with E-state index >= 15 is 0 Å². The molecule has 3 heterocycles. The summed E-state index contributed by atoms with van der Waals surface area (Å²) in [6.45, 7) is 1.82. The molecule has 1 saturated heterocycles. The standard InChI is InChI=1S/C21H20ClN5O5S/c1-10(28)24-15-3-2-11(6-14(15)22)25-21(32)23-7-17-12-8-27(20(31)13(12)9-33-17)16-4-5-18(29)26-19(16)30/h2-3,6,9,16H,4-5,7-8H2,1H3,(H,24,28)(H2,23,25,32)(H,26,29,30). The molecule has 2 aromatic rings. The second-order valence-corrected chi connectivity index (χ2v) is 9.01. The first-order valence-electron chi connectivity index (χ1n) is 10.1. The molecule has 172 valence electrons. The molecule has 2 aliphatic rings. The van der Waals surface area contributed by atoms with Gasteiger partial charge in [0.15, 0.2) is 0 Å². The van der Waals surface area contributed by atoms with Crippen molar-refractivity contribution in [1.82, 2.24) is 15.5 Å². The van der Waals surface area contributed by atoms with Crippen LogP contribution in [0.5, 0.6) is 0 Å². The molecule has 0 aliphatic carbocycles. The van der Waals surface area contributed by atoms with Crippen LogP contribution >= 0.6 is 22.9 Å². The van der Waals surface area contributed by atoms with Crippen LogP contribution in [0.3, 0.4) is 0 Å². The van der Waals surface area contributed by atoms with Crippen LogP contribution in [-0.4, -0.2) is 40.6 Å². The Hall–Kier alpha value is -3.44. The van der Waals surface area contributed by atoms with Crippen LogP contribution in [0.4, 0.5) is 16.2 Å². The molecule has 0 bridgehead atoms. The lowest BCUT2D eigenvalue weighted by Crippen LogP contribution is -2.52. The van der Waals surface area contributed by atoms with E-state index in [9.17, 15) is 24.0 Å². The minimum absolute atomic E-state index is 0.192. The van der Waals surface area contributed by atoms with E-state index in [1.54, 1.807) is 17.5 Å². The highest BCUT2D eigenvalue weighted by molar-refractivity contribution is 7.10. The van der Waals surface area contributed by atoms with Crippen LogP contribution < -0.4 is 21.3 Å². The van der Waals surface area contributed by atoms with Gasteiger partial charge < -0.3 is 20.9 Å². The van der Waals surface area contributed by atoms with E-state index in [1.165, 1.54) is 29.2 Å². The van der Waals surface area contributed by atoms with E-state index < -0.39 is 18.0 Å². The van der Waals surface area contributed by atoms with Gasteiger partial charge in [-0.05, 0) is 30.2 Å². The largest absolute Gasteiger partial charge is 0.333 e. The number of hydrogen-bond donors (Lipinski definition) is 4. The number of urea groups is 1. The first kappa shape index (κ1) is 22.7. The summed E-state index contributed by atoms with van der Waals surface area (Å²) in [4.78, 5) is 62.1. The lowest BCUT2D eigenvalue weighted by Gasteiger charge is -2.29. The van der Waals surface area contributed by atoms with Crippen molar-refractivity contribution in [3.63, 3.8) is 0 Å². The summed E-state index contributed by atoms with van der Waals surface area (Å²) in [7, 11) is 0. The molecule has 0 saturated carbocycles. The number of anilines is 2. The van der Waals surface area contributed by atoms with Crippen LogP contribution in [0.25, 0.3) is 0 Å². The van der Waals surface area contributed by atoms with E-state index in [1.807, 2.05) is 0 Å². The van der Waals surface area contributed by atoms with Crippen LogP contribution in [0.1, 0.15) is 40.6 Å². The van der Waals surface area contributed by atoms with Gasteiger partial charge in [0.2, 0.25) is 17.7 Å². The summed E-state index contributed by atoms with van der Waals surface area (Å²) >= 11 is 7.48. The number of thiophene rings is 1. The normalized spacial score (nSPS) is 17.5. The van der Waals surface area contributed by atoms with E-state index in [0.29, 0.717) is 23.4 Å². The van der Waals surface area contributed by atoms with E-state index in [4.69, 9.17) is 11.6 Å². The number of carbonyl (C=O) groups is 5. The van der Waals surface area contributed by atoms with Crippen LogP contribution in [0, 0.1) is 0 Å². The molecule has 12 heteroatoms. The molecule has 4 rings (SSSR count). The molecule has 1 fully saturated rings. The molecule has 0 spiro atoms. The molecule has 6 amide bonds. The minimum atomic E-state index is -0.679. The highest BCUT2D eigenvalue weighted by Crippen LogP contribution is 2.33. The lowest BCUT2D eigenvalue weighted by atomic mass is 10.0. The molecule has 33 heavy (non-hydrogen) atoms. The molecule has 1 aromatic carbocycles. The summed E-state index contributed by atoms with van der Waals surface area (Å²) in [5, 5.41) is 12.3. The van der Waals surface area contributed by atoms with Crippen molar-refractivity contribution in [1.29, 1.82) is 0 Å². The Morgan fingerprint density at radius 3 is 2.73 bits per heavy atom. The van der Waals surface area contributed by atoms with Crippen molar-refractivity contribution in [2.24, 2.45) is 0 Å². The molecule has 1 aromatic heterocycles. The average molecular weight is 490 g/mol. The number of rotatable bonds is 5. The first-order chi connectivity index (χ1) is 15.7. The van der Waals surface area contributed by atoms with Crippen LogP contribution in [-0.2, 0) is 27.5 Å². The topological polar surface area (TPSA) is 137 Å². The van der Waals surface area contributed by atoms with Crippen LogP contribution in [0.15, 0.2) is 23.6 Å². The number of nitrogens with one attached hydrogen (secondary N) is 4. The smallest absolute Gasteiger partial charge is 0.319 e. The summed E-state index contributed by atoms with van der Waals surface area (Å²) < 4.78 is 0. The molecule has 10 nitrogen and oxygen atoms in total. The Morgan fingerprint density at radius 2 is 2.03 bits per heavy atom. The maximum atomic E-state index is 12.8. The van der Waals surface area contributed by atoms with Crippen LogP contribution in [0.2, 0.25) is 5.02 Å². The zero-order valence-electron chi connectivity index (χ0n) is 17.5. The Morgan fingerprint density at radius 1 is 1.24 bits per heavy atom. The van der Waals surface area contributed by atoms with Gasteiger partial charge in [-0.15, -0.1) is 11.3 Å². The monoisotopic (exact) mass is 489 g/mol. The number of carbonyl (C=O) groups excluding carboxylic acids is 5. The van der Waals surface area contributed by atoms with Gasteiger partial charge in [0.1, 0.15) is 6.04 Å². The van der Waals surface area contributed by atoms with Gasteiger partial charge in [0.05, 0.1) is 22.8 Å². The molecule has 1 atom stereocenters. The Kier molecular flexibility index (Phi) is 6.34. The Labute approximate surface area is 197 Å². The predicted octanol–water partition coefficient (Wildman–Crippen LogP) is 2.44. The highest BCUT2D eigenvalue weighted by Gasteiger charge is 2.40. The van der Waals surface area contributed by atoms with Crippen molar-refractivity contribution >= 4 is 64.0 Å². The number of amides is 6. The zero-order valence-corrected chi connectivity index (χ0v) is 19.1. The lowest BCUT2D eigenvalue weighted by molar-refractivity contribution is -0.137. The first-order valence-corrected chi connectivity index (χ1v) is 11.3. The fourth-order valence-corrected chi connectivity index (χ4v) is 4.97.